The highest BCUT2D eigenvalue weighted by Crippen LogP contribution is 2.27. The Hall–Kier alpha value is -4.38. The lowest BCUT2D eigenvalue weighted by molar-refractivity contribution is 0.0831. The predicted molar refractivity (Wildman–Crippen MR) is 126 cm³/mol. The third-order valence-electron chi connectivity index (χ3n) is 5.16. The minimum absolute atomic E-state index is 0.0183. The first kappa shape index (κ1) is 23.8. The number of carbonyl (C=O) groups excluding carboxylic acids is 2. The normalized spacial score (nSPS) is 11.2. The highest BCUT2D eigenvalue weighted by atomic mass is 32.2. The zero-order valence-electron chi connectivity index (χ0n) is 18.6. The summed E-state index contributed by atoms with van der Waals surface area (Å²) in [6, 6.07) is 15.9. The lowest BCUT2D eigenvalue weighted by atomic mass is 10.1. The van der Waals surface area contributed by atoms with Crippen molar-refractivity contribution in [3.63, 3.8) is 0 Å². The summed E-state index contributed by atoms with van der Waals surface area (Å²) in [5.74, 6) is -1.77. The van der Waals surface area contributed by atoms with Gasteiger partial charge in [0.25, 0.3) is 15.9 Å². The number of hydrogen-bond acceptors (Lipinski definition) is 6. The van der Waals surface area contributed by atoms with Crippen molar-refractivity contribution in [2.24, 2.45) is 0 Å². The van der Waals surface area contributed by atoms with E-state index in [2.05, 4.69) is 15.6 Å². The van der Waals surface area contributed by atoms with Crippen LogP contribution in [0.2, 0.25) is 0 Å². The molecule has 0 spiro atoms. The number of rotatable bonds is 6. The number of aryl methyl sites for hydroxylation is 1. The largest absolute Gasteiger partial charge is 0.497 e. The van der Waals surface area contributed by atoms with Crippen LogP contribution in [-0.4, -0.2) is 27.3 Å². The quantitative estimate of drug-likeness (QED) is 0.348. The highest BCUT2D eigenvalue weighted by molar-refractivity contribution is 7.92. The Balaban J connectivity index is 1.46. The molecule has 0 aliphatic heterocycles. The number of hydrogen-bond donors (Lipinski definition) is 3. The summed E-state index contributed by atoms with van der Waals surface area (Å²) in [6.45, 7) is 1.59. The van der Waals surface area contributed by atoms with E-state index in [-0.39, 0.29) is 21.8 Å². The molecule has 4 rings (SSSR count). The third-order valence-corrected chi connectivity index (χ3v) is 6.54. The number of sulfonamides is 1. The maximum absolute atomic E-state index is 13.9. The summed E-state index contributed by atoms with van der Waals surface area (Å²) in [5, 5.41) is 0.434. The van der Waals surface area contributed by atoms with Crippen LogP contribution in [0, 0.1) is 12.7 Å². The van der Waals surface area contributed by atoms with Crippen molar-refractivity contribution >= 4 is 38.5 Å². The fraction of sp³-hybridized carbons (Fsp3) is 0.0833. The van der Waals surface area contributed by atoms with Crippen molar-refractivity contribution in [3.8, 4) is 5.75 Å². The number of halogens is 1. The first-order valence-corrected chi connectivity index (χ1v) is 11.7. The van der Waals surface area contributed by atoms with E-state index in [1.54, 1.807) is 25.1 Å². The number of anilines is 1. The molecule has 3 aromatic carbocycles. The van der Waals surface area contributed by atoms with Crippen LogP contribution in [0.3, 0.4) is 0 Å². The summed E-state index contributed by atoms with van der Waals surface area (Å²) in [7, 11) is -2.50. The first-order chi connectivity index (χ1) is 16.7. The standard InChI is InChI=1S/C24H20FN3O6S/c1-14-19-7-4-8-20(25)22(19)34-21(14)24(30)27-26-23(29)15-5-3-6-18(13-15)35(31,32)28-16-9-11-17(33-2)12-10-16/h3-13,28H,1-2H3,(H,26,29)(H,27,30). The van der Waals surface area contributed by atoms with E-state index in [0.29, 0.717) is 22.4 Å². The molecule has 0 saturated carbocycles. The Kier molecular flexibility index (Phi) is 6.43. The number of amides is 2. The number of benzene rings is 3. The highest BCUT2D eigenvalue weighted by Gasteiger charge is 2.21. The lowest BCUT2D eigenvalue weighted by Crippen LogP contribution is -2.41. The minimum Gasteiger partial charge on any atom is -0.497 e. The summed E-state index contributed by atoms with van der Waals surface area (Å²) in [4.78, 5) is 24.9. The van der Waals surface area contributed by atoms with Crippen molar-refractivity contribution in [1.82, 2.24) is 10.9 Å². The van der Waals surface area contributed by atoms with Gasteiger partial charge in [-0.3, -0.25) is 25.2 Å². The van der Waals surface area contributed by atoms with Crippen LogP contribution in [0.25, 0.3) is 11.0 Å². The second-order valence-electron chi connectivity index (χ2n) is 7.44. The van der Waals surface area contributed by atoms with Gasteiger partial charge in [-0.15, -0.1) is 0 Å². The summed E-state index contributed by atoms with van der Waals surface area (Å²) in [5.41, 5.74) is 5.03. The predicted octanol–water partition coefficient (Wildman–Crippen LogP) is 3.76. The second-order valence-corrected chi connectivity index (χ2v) is 9.13. The van der Waals surface area contributed by atoms with Gasteiger partial charge in [0.1, 0.15) is 5.75 Å². The molecule has 0 radical (unpaired) electrons. The van der Waals surface area contributed by atoms with Crippen LogP contribution in [0.5, 0.6) is 5.75 Å². The van der Waals surface area contributed by atoms with Crippen LogP contribution < -0.4 is 20.3 Å². The number of methoxy groups -OCH3 is 1. The fourth-order valence-electron chi connectivity index (χ4n) is 3.35. The van der Waals surface area contributed by atoms with Gasteiger partial charge in [-0.25, -0.2) is 12.8 Å². The third kappa shape index (κ3) is 4.94. The summed E-state index contributed by atoms with van der Waals surface area (Å²) >= 11 is 0. The Morgan fingerprint density at radius 1 is 0.943 bits per heavy atom. The Bertz CT molecular complexity index is 1530. The van der Waals surface area contributed by atoms with Gasteiger partial charge >= 0.3 is 5.91 Å². The lowest BCUT2D eigenvalue weighted by Gasteiger charge is -2.10. The Morgan fingerprint density at radius 3 is 2.31 bits per heavy atom. The molecule has 0 unspecified atom stereocenters. The molecule has 9 nitrogen and oxygen atoms in total. The van der Waals surface area contributed by atoms with Crippen LogP contribution in [0.4, 0.5) is 10.1 Å². The molecule has 0 aliphatic rings. The van der Waals surface area contributed by atoms with E-state index in [1.807, 2.05) is 0 Å². The van der Waals surface area contributed by atoms with E-state index in [9.17, 15) is 22.4 Å². The summed E-state index contributed by atoms with van der Waals surface area (Å²) in [6.07, 6.45) is 0. The Morgan fingerprint density at radius 2 is 1.63 bits per heavy atom. The maximum atomic E-state index is 13.9. The fourth-order valence-corrected chi connectivity index (χ4v) is 4.45. The SMILES string of the molecule is COc1ccc(NS(=O)(=O)c2cccc(C(=O)NNC(=O)c3oc4c(F)cccc4c3C)c2)cc1. The van der Waals surface area contributed by atoms with Crippen molar-refractivity contribution in [2.45, 2.75) is 11.8 Å². The molecule has 35 heavy (non-hydrogen) atoms. The molecule has 1 aromatic heterocycles. The molecule has 2 amide bonds. The van der Waals surface area contributed by atoms with Gasteiger partial charge in [0.05, 0.1) is 12.0 Å². The Labute approximate surface area is 199 Å². The molecule has 0 atom stereocenters. The molecule has 0 bridgehead atoms. The zero-order valence-corrected chi connectivity index (χ0v) is 19.4. The molecule has 11 heteroatoms. The molecular formula is C24H20FN3O6S. The monoisotopic (exact) mass is 497 g/mol. The number of furan rings is 1. The topological polar surface area (TPSA) is 127 Å². The van der Waals surface area contributed by atoms with Gasteiger partial charge in [0.15, 0.2) is 17.2 Å². The van der Waals surface area contributed by atoms with Gasteiger partial charge in [-0.1, -0.05) is 18.2 Å². The number of para-hydroxylation sites is 1. The van der Waals surface area contributed by atoms with E-state index in [4.69, 9.17) is 9.15 Å². The number of hydrazine groups is 1. The molecule has 180 valence electrons. The van der Waals surface area contributed by atoms with Crippen molar-refractivity contribution < 1.29 is 31.6 Å². The van der Waals surface area contributed by atoms with Crippen molar-refractivity contribution in [1.29, 1.82) is 0 Å². The van der Waals surface area contributed by atoms with E-state index < -0.39 is 27.7 Å². The molecule has 0 aliphatic carbocycles. The average molecular weight is 498 g/mol. The number of nitrogens with one attached hydrogen (secondary N) is 3. The minimum atomic E-state index is -4.00. The van der Waals surface area contributed by atoms with E-state index in [1.165, 1.54) is 49.6 Å². The van der Waals surface area contributed by atoms with Gasteiger partial charge < -0.3 is 9.15 Å². The van der Waals surface area contributed by atoms with Crippen LogP contribution >= 0.6 is 0 Å². The number of fused-ring (bicyclic) bond motifs is 1. The van der Waals surface area contributed by atoms with Gasteiger partial charge in [0.2, 0.25) is 0 Å². The second kappa shape index (κ2) is 9.47. The smallest absolute Gasteiger partial charge is 0.305 e. The molecular weight excluding hydrogens is 477 g/mol. The molecule has 3 N–H and O–H groups in total. The van der Waals surface area contributed by atoms with E-state index >= 15 is 0 Å². The number of carbonyl (C=O) groups is 2. The van der Waals surface area contributed by atoms with Gasteiger partial charge in [-0.05, 0) is 55.5 Å². The van der Waals surface area contributed by atoms with Gasteiger partial charge in [-0.2, -0.15) is 0 Å². The average Bonchev–Trinajstić information content (AvgIpc) is 3.20. The van der Waals surface area contributed by atoms with Crippen molar-refractivity contribution in [3.05, 3.63) is 89.4 Å². The molecule has 0 fully saturated rings. The molecule has 4 aromatic rings. The van der Waals surface area contributed by atoms with Gasteiger partial charge in [0, 0.05) is 22.2 Å². The first-order valence-electron chi connectivity index (χ1n) is 10.2. The van der Waals surface area contributed by atoms with Crippen LogP contribution in [-0.2, 0) is 10.0 Å². The molecule has 0 saturated heterocycles. The summed E-state index contributed by atoms with van der Waals surface area (Å²) < 4.78 is 52.2. The maximum Gasteiger partial charge on any atom is 0.305 e. The van der Waals surface area contributed by atoms with Crippen molar-refractivity contribution in [2.75, 3.05) is 11.8 Å². The molecule has 1 heterocycles. The van der Waals surface area contributed by atoms with Crippen LogP contribution in [0.15, 0.2) is 76.0 Å². The van der Waals surface area contributed by atoms with Crippen LogP contribution in [0.1, 0.15) is 26.5 Å². The van der Waals surface area contributed by atoms with E-state index in [0.717, 1.165) is 6.07 Å². The zero-order chi connectivity index (χ0) is 25.2. The number of ether oxygens (including phenoxy) is 1.